The zero-order chi connectivity index (χ0) is 40.3. The number of aliphatic hydroxyl groups is 2. The van der Waals surface area contributed by atoms with E-state index in [1.165, 1.54) is 148 Å². The number of hydrogen-bond acceptors (Lipinski definition) is 5. The average Bonchev–Trinajstić information content (AvgIpc) is 3.18. The lowest BCUT2D eigenvalue weighted by atomic mass is 10.0. The Morgan fingerprint density at radius 1 is 0.527 bits per heavy atom. The summed E-state index contributed by atoms with van der Waals surface area (Å²) >= 11 is 0. The van der Waals surface area contributed by atoms with Crippen LogP contribution in [0, 0.1) is 0 Å². The fraction of sp³-hybridized carbons (Fsp3) is 0.878. The van der Waals surface area contributed by atoms with E-state index in [0.717, 1.165) is 57.8 Å². The molecular formula is C49H93NO5. The van der Waals surface area contributed by atoms with Gasteiger partial charge in [-0.05, 0) is 44.9 Å². The van der Waals surface area contributed by atoms with E-state index in [1.54, 1.807) is 0 Å². The average molecular weight is 776 g/mol. The standard InChI is InChI=1S/C49H93NO5/c1-4-7-10-13-16-19-22-23-24-27-28-31-34-37-40-45(55-49(54)42-39-36-33-30-26-21-18-15-12-9-6-3)43-48(53)50-46(44-51)47(52)41-38-35-32-29-25-20-17-14-11-8-5-2/h24,27-28,31,45-47,51-52H,4-23,25-26,29-30,32-44H2,1-3H3,(H,50,53)/b27-24+,31-28+. The highest BCUT2D eigenvalue weighted by molar-refractivity contribution is 5.77. The van der Waals surface area contributed by atoms with Crippen molar-refractivity contribution in [1.29, 1.82) is 0 Å². The molecule has 0 saturated heterocycles. The van der Waals surface area contributed by atoms with Crippen molar-refractivity contribution < 1.29 is 24.5 Å². The van der Waals surface area contributed by atoms with Crippen LogP contribution < -0.4 is 5.32 Å². The van der Waals surface area contributed by atoms with E-state index in [-0.39, 0.29) is 24.9 Å². The Bertz CT molecular complexity index is 873. The lowest BCUT2D eigenvalue weighted by Gasteiger charge is -2.24. The molecule has 0 aliphatic rings. The molecule has 6 heteroatoms. The highest BCUT2D eigenvalue weighted by Crippen LogP contribution is 2.17. The van der Waals surface area contributed by atoms with Gasteiger partial charge in [0.2, 0.25) is 5.91 Å². The molecule has 0 fully saturated rings. The number of aliphatic hydroxyl groups excluding tert-OH is 2. The maximum atomic E-state index is 13.1. The largest absolute Gasteiger partial charge is 0.462 e. The molecule has 0 saturated carbocycles. The number of esters is 1. The molecule has 0 bridgehead atoms. The minimum Gasteiger partial charge on any atom is -0.462 e. The molecule has 3 N–H and O–H groups in total. The highest BCUT2D eigenvalue weighted by atomic mass is 16.5. The summed E-state index contributed by atoms with van der Waals surface area (Å²) in [5.74, 6) is -0.513. The lowest BCUT2D eigenvalue weighted by Crippen LogP contribution is -2.46. The number of carbonyl (C=O) groups is 2. The van der Waals surface area contributed by atoms with Crippen LogP contribution in [0.4, 0.5) is 0 Å². The first-order chi connectivity index (χ1) is 27.0. The Labute approximate surface area is 341 Å². The molecule has 0 heterocycles. The van der Waals surface area contributed by atoms with Crippen LogP contribution >= 0.6 is 0 Å². The number of unbranched alkanes of at least 4 members (excludes halogenated alkanes) is 28. The first-order valence-corrected chi connectivity index (χ1v) is 24.1. The molecule has 1 amide bonds. The number of rotatable bonds is 43. The van der Waals surface area contributed by atoms with Crippen LogP contribution in [-0.4, -0.2) is 46.9 Å². The van der Waals surface area contributed by atoms with Crippen LogP contribution in [-0.2, 0) is 14.3 Å². The number of nitrogens with one attached hydrogen (secondary N) is 1. The summed E-state index contributed by atoms with van der Waals surface area (Å²) in [4.78, 5) is 26.0. The maximum Gasteiger partial charge on any atom is 0.306 e. The molecule has 324 valence electrons. The van der Waals surface area contributed by atoms with E-state index in [9.17, 15) is 19.8 Å². The Morgan fingerprint density at radius 2 is 0.927 bits per heavy atom. The van der Waals surface area contributed by atoms with Gasteiger partial charge in [-0.2, -0.15) is 0 Å². The van der Waals surface area contributed by atoms with Gasteiger partial charge >= 0.3 is 5.97 Å². The zero-order valence-electron chi connectivity index (χ0n) is 36.8. The molecule has 0 aromatic heterocycles. The van der Waals surface area contributed by atoms with Crippen LogP contribution in [0.1, 0.15) is 252 Å². The molecule has 0 aromatic rings. The van der Waals surface area contributed by atoms with Crippen molar-refractivity contribution in [3.63, 3.8) is 0 Å². The zero-order valence-corrected chi connectivity index (χ0v) is 36.8. The number of carbonyl (C=O) groups excluding carboxylic acids is 2. The van der Waals surface area contributed by atoms with Crippen molar-refractivity contribution in [2.75, 3.05) is 6.61 Å². The summed E-state index contributed by atoms with van der Waals surface area (Å²) in [5, 5.41) is 23.6. The topological polar surface area (TPSA) is 95.9 Å². The van der Waals surface area contributed by atoms with E-state index in [4.69, 9.17) is 4.74 Å². The fourth-order valence-corrected chi connectivity index (χ4v) is 7.37. The third kappa shape index (κ3) is 39.0. The lowest BCUT2D eigenvalue weighted by molar-refractivity contribution is -0.151. The minimum atomic E-state index is -0.793. The Morgan fingerprint density at radius 3 is 1.38 bits per heavy atom. The summed E-state index contributed by atoms with van der Waals surface area (Å²) in [6, 6.07) is -0.709. The van der Waals surface area contributed by atoms with E-state index < -0.39 is 18.2 Å². The summed E-state index contributed by atoms with van der Waals surface area (Å²) in [5.41, 5.74) is 0. The van der Waals surface area contributed by atoms with Crippen molar-refractivity contribution >= 4 is 11.9 Å². The molecule has 3 atom stereocenters. The summed E-state index contributed by atoms with van der Waals surface area (Å²) in [7, 11) is 0. The smallest absolute Gasteiger partial charge is 0.306 e. The SMILES string of the molecule is CCCCCCCCC/C=C/C=C/CCCC(CC(=O)NC(CO)C(O)CCCCCCCCCCCCC)OC(=O)CCCCCCCCCCCCC. The summed E-state index contributed by atoms with van der Waals surface area (Å²) < 4.78 is 5.88. The second-order valence-corrected chi connectivity index (χ2v) is 16.5. The van der Waals surface area contributed by atoms with Gasteiger partial charge in [0.1, 0.15) is 6.10 Å². The third-order valence-electron chi connectivity index (χ3n) is 11.1. The summed E-state index contributed by atoms with van der Waals surface area (Å²) in [6.45, 7) is 6.45. The molecule has 0 radical (unpaired) electrons. The van der Waals surface area contributed by atoms with Crippen LogP contribution in [0.3, 0.4) is 0 Å². The molecule has 6 nitrogen and oxygen atoms in total. The number of allylic oxidation sites excluding steroid dienone is 4. The van der Waals surface area contributed by atoms with E-state index in [0.29, 0.717) is 19.3 Å². The van der Waals surface area contributed by atoms with Gasteiger partial charge in [0.05, 0.1) is 25.2 Å². The van der Waals surface area contributed by atoms with Gasteiger partial charge in [0.15, 0.2) is 0 Å². The third-order valence-corrected chi connectivity index (χ3v) is 11.1. The predicted octanol–water partition coefficient (Wildman–Crippen LogP) is 14.0. The van der Waals surface area contributed by atoms with Crippen molar-refractivity contribution in [3.8, 4) is 0 Å². The second kappa shape index (κ2) is 43.5. The van der Waals surface area contributed by atoms with E-state index >= 15 is 0 Å². The first-order valence-electron chi connectivity index (χ1n) is 24.1. The molecular weight excluding hydrogens is 683 g/mol. The monoisotopic (exact) mass is 776 g/mol. The quantitative estimate of drug-likeness (QED) is 0.0326. The molecule has 0 spiro atoms. The van der Waals surface area contributed by atoms with Crippen molar-refractivity contribution in [2.24, 2.45) is 0 Å². The van der Waals surface area contributed by atoms with Crippen molar-refractivity contribution in [1.82, 2.24) is 5.32 Å². The maximum absolute atomic E-state index is 13.1. The molecule has 0 aliphatic heterocycles. The van der Waals surface area contributed by atoms with Gasteiger partial charge in [0.25, 0.3) is 0 Å². The highest BCUT2D eigenvalue weighted by Gasteiger charge is 2.24. The Hall–Kier alpha value is -1.66. The predicted molar refractivity (Wildman–Crippen MR) is 236 cm³/mol. The van der Waals surface area contributed by atoms with Gasteiger partial charge in [-0.1, -0.05) is 218 Å². The number of hydrogen-bond donors (Lipinski definition) is 3. The molecule has 0 aliphatic carbocycles. The normalized spacial score (nSPS) is 13.5. The van der Waals surface area contributed by atoms with Crippen LogP contribution in [0.15, 0.2) is 24.3 Å². The molecule has 0 aromatic carbocycles. The molecule has 0 rings (SSSR count). The Balaban J connectivity index is 4.65. The minimum absolute atomic E-state index is 0.0493. The van der Waals surface area contributed by atoms with Crippen LogP contribution in [0.5, 0.6) is 0 Å². The molecule has 55 heavy (non-hydrogen) atoms. The summed E-state index contributed by atoms with van der Waals surface area (Å²) in [6.07, 6.45) is 48.1. The number of ether oxygens (including phenoxy) is 1. The van der Waals surface area contributed by atoms with E-state index in [2.05, 4.69) is 50.4 Å². The van der Waals surface area contributed by atoms with Crippen molar-refractivity contribution in [2.45, 2.75) is 270 Å². The van der Waals surface area contributed by atoms with Gasteiger partial charge in [-0.15, -0.1) is 0 Å². The Kier molecular flexibility index (Phi) is 42.2. The fourth-order valence-electron chi connectivity index (χ4n) is 7.37. The van der Waals surface area contributed by atoms with Gasteiger partial charge in [0, 0.05) is 6.42 Å². The van der Waals surface area contributed by atoms with Crippen LogP contribution in [0.2, 0.25) is 0 Å². The second-order valence-electron chi connectivity index (χ2n) is 16.5. The van der Waals surface area contributed by atoms with Crippen molar-refractivity contribution in [3.05, 3.63) is 24.3 Å². The van der Waals surface area contributed by atoms with Crippen LogP contribution in [0.25, 0.3) is 0 Å². The van der Waals surface area contributed by atoms with Gasteiger partial charge in [-0.25, -0.2) is 0 Å². The van der Waals surface area contributed by atoms with Gasteiger partial charge in [-0.3, -0.25) is 9.59 Å². The number of amides is 1. The molecule has 3 unspecified atom stereocenters. The van der Waals surface area contributed by atoms with E-state index in [1.807, 2.05) is 0 Å². The van der Waals surface area contributed by atoms with Gasteiger partial charge < -0.3 is 20.3 Å². The first kappa shape index (κ1) is 53.3.